The molecule has 28 heavy (non-hydrogen) atoms. The maximum Gasteiger partial charge on any atom is 0.407 e. The molecule has 0 radical (unpaired) electrons. The summed E-state index contributed by atoms with van der Waals surface area (Å²) >= 11 is 0. The molecule has 0 aliphatic rings. The molecule has 1 aromatic carbocycles. The van der Waals surface area contributed by atoms with Gasteiger partial charge in [0.05, 0.1) is 13.5 Å². The second kappa shape index (κ2) is 11.8. The molecule has 0 saturated carbocycles. The van der Waals surface area contributed by atoms with Crippen molar-refractivity contribution in [3.8, 4) is 0 Å². The van der Waals surface area contributed by atoms with Gasteiger partial charge < -0.3 is 24.8 Å². The Kier molecular flexibility index (Phi) is 9.84. The molecule has 0 heterocycles. The van der Waals surface area contributed by atoms with Gasteiger partial charge in [0.1, 0.15) is 12.2 Å². The van der Waals surface area contributed by atoms with Gasteiger partial charge >= 0.3 is 18.2 Å². The van der Waals surface area contributed by atoms with Gasteiger partial charge in [-0.05, 0) is 39.2 Å². The Balaban J connectivity index is 2.41. The second-order valence-electron chi connectivity index (χ2n) is 7.25. The minimum atomic E-state index is -0.613. The van der Waals surface area contributed by atoms with E-state index in [2.05, 4.69) is 15.4 Å². The number of rotatable bonds is 9. The zero-order chi connectivity index (χ0) is 21.0. The van der Waals surface area contributed by atoms with Crippen molar-refractivity contribution in [1.29, 1.82) is 0 Å². The van der Waals surface area contributed by atoms with E-state index in [9.17, 15) is 14.4 Å². The summed E-state index contributed by atoms with van der Waals surface area (Å²) in [5, 5.41) is 5.31. The normalized spacial score (nSPS) is 11.9. The number of methoxy groups -OCH3 is 1. The number of carbonyl (C=O) groups is 3. The number of amides is 2. The van der Waals surface area contributed by atoms with Crippen molar-refractivity contribution in [3.05, 3.63) is 35.9 Å². The molecule has 156 valence electrons. The summed E-state index contributed by atoms with van der Waals surface area (Å²) < 4.78 is 15.0. The molecule has 1 rings (SSSR count). The molecule has 8 nitrogen and oxygen atoms in total. The third-order valence-electron chi connectivity index (χ3n) is 3.57. The monoisotopic (exact) mass is 394 g/mol. The van der Waals surface area contributed by atoms with Crippen molar-refractivity contribution in [2.75, 3.05) is 13.7 Å². The fourth-order valence-corrected chi connectivity index (χ4v) is 2.29. The minimum absolute atomic E-state index is 0.0172. The number of hydrogen-bond donors (Lipinski definition) is 2. The van der Waals surface area contributed by atoms with Crippen LogP contribution in [-0.4, -0.2) is 43.5 Å². The molecule has 2 N–H and O–H groups in total. The first-order chi connectivity index (χ1) is 13.2. The van der Waals surface area contributed by atoms with Crippen molar-refractivity contribution in [2.24, 2.45) is 0 Å². The molecule has 0 aliphatic heterocycles. The zero-order valence-electron chi connectivity index (χ0n) is 16.9. The highest BCUT2D eigenvalue weighted by Crippen LogP contribution is 2.08. The van der Waals surface area contributed by atoms with Gasteiger partial charge in [0.15, 0.2) is 0 Å². The van der Waals surface area contributed by atoms with Crippen LogP contribution in [0.5, 0.6) is 0 Å². The van der Waals surface area contributed by atoms with Crippen molar-refractivity contribution >= 4 is 18.2 Å². The van der Waals surface area contributed by atoms with Crippen LogP contribution in [0.2, 0.25) is 0 Å². The Hall–Kier alpha value is -2.77. The fourth-order valence-electron chi connectivity index (χ4n) is 2.29. The molecule has 0 spiro atoms. The molecule has 0 aromatic heterocycles. The van der Waals surface area contributed by atoms with Crippen LogP contribution >= 0.6 is 0 Å². The Bertz CT molecular complexity index is 627. The van der Waals surface area contributed by atoms with E-state index in [1.165, 1.54) is 7.11 Å². The number of alkyl carbamates (subject to hydrolysis) is 2. The summed E-state index contributed by atoms with van der Waals surface area (Å²) in [6, 6.07) is 8.82. The maximum atomic E-state index is 12.0. The van der Waals surface area contributed by atoms with E-state index in [1.54, 1.807) is 20.8 Å². The van der Waals surface area contributed by atoms with Crippen LogP contribution in [0.15, 0.2) is 30.3 Å². The second-order valence-corrected chi connectivity index (χ2v) is 7.25. The quantitative estimate of drug-likeness (QED) is 0.379. The Morgan fingerprint density at radius 1 is 1.07 bits per heavy atom. The predicted molar refractivity (Wildman–Crippen MR) is 104 cm³/mol. The van der Waals surface area contributed by atoms with E-state index >= 15 is 0 Å². The number of hydrogen-bond acceptors (Lipinski definition) is 6. The number of benzene rings is 1. The third-order valence-corrected chi connectivity index (χ3v) is 3.57. The molecule has 0 fully saturated rings. The van der Waals surface area contributed by atoms with E-state index in [4.69, 9.17) is 9.47 Å². The number of ether oxygens (including phenoxy) is 3. The van der Waals surface area contributed by atoms with E-state index in [1.807, 2.05) is 30.3 Å². The highest BCUT2D eigenvalue weighted by Gasteiger charge is 2.19. The first kappa shape index (κ1) is 23.3. The van der Waals surface area contributed by atoms with Gasteiger partial charge in [-0.2, -0.15) is 0 Å². The first-order valence-corrected chi connectivity index (χ1v) is 9.20. The van der Waals surface area contributed by atoms with E-state index in [0.29, 0.717) is 19.4 Å². The topological polar surface area (TPSA) is 103 Å². The van der Waals surface area contributed by atoms with Gasteiger partial charge in [-0.25, -0.2) is 9.59 Å². The Morgan fingerprint density at radius 3 is 2.36 bits per heavy atom. The van der Waals surface area contributed by atoms with Gasteiger partial charge in [0, 0.05) is 12.6 Å². The largest absolute Gasteiger partial charge is 0.469 e. The Morgan fingerprint density at radius 2 is 1.75 bits per heavy atom. The smallest absolute Gasteiger partial charge is 0.407 e. The predicted octanol–water partition coefficient (Wildman–Crippen LogP) is 3.15. The summed E-state index contributed by atoms with van der Waals surface area (Å²) in [6.45, 7) is 5.84. The third kappa shape index (κ3) is 11.1. The molecular formula is C20H30N2O6. The fraction of sp³-hybridized carbons (Fsp3) is 0.550. The standard InChI is InChI=1S/C20H30N2O6/c1-20(2,3)28-18(24)21-12-8-11-16(13-17(23)26-4)22-19(25)27-14-15-9-6-5-7-10-15/h5-7,9-10,16H,8,11-14H2,1-4H3,(H,21,24)(H,22,25)/t16-/m1/s1. The molecule has 0 unspecified atom stereocenters. The van der Waals surface area contributed by atoms with Gasteiger partial charge in [-0.15, -0.1) is 0 Å². The van der Waals surface area contributed by atoms with E-state index in [-0.39, 0.29) is 13.0 Å². The zero-order valence-corrected chi connectivity index (χ0v) is 16.9. The van der Waals surface area contributed by atoms with Crippen LogP contribution in [0.3, 0.4) is 0 Å². The summed E-state index contributed by atoms with van der Waals surface area (Å²) in [5.74, 6) is -0.437. The SMILES string of the molecule is COC(=O)C[C@@H](CCCNC(=O)OC(C)(C)C)NC(=O)OCc1ccccc1. The average Bonchev–Trinajstić information content (AvgIpc) is 2.62. The number of carbonyl (C=O) groups excluding carboxylic acids is 3. The molecule has 0 saturated heterocycles. The summed E-state index contributed by atoms with van der Waals surface area (Å²) in [6.07, 6.45) is -0.0979. The minimum Gasteiger partial charge on any atom is -0.469 e. The lowest BCUT2D eigenvalue weighted by molar-refractivity contribution is -0.141. The number of nitrogens with one attached hydrogen (secondary N) is 2. The van der Waals surface area contributed by atoms with Crippen molar-refractivity contribution in [3.63, 3.8) is 0 Å². The van der Waals surface area contributed by atoms with Crippen LogP contribution in [0.1, 0.15) is 45.6 Å². The van der Waals surface area contributed by atoms with Gasteiger partial charge in [-0.3, -0.25) is 4.79 Å². The highest BCUT2D eigenvalue weighted by molar-refractivity contribution is 5.72. The molecular weight excluding hydrogens is 364 g/mol. The van der Waals surface area contributed by atoms with Crippen molar-refractivity contribution < 1.29 is 28.6 Å². The van der Waals surface area contributed by atoms with Crippen LogP contribution in [0.4, 0.5) is 9.59 Å². The van der Waals surface area contributed by atoms with Crippen LogP contribution < -0.4 is 10.6 Å². The first-order valence-electron chi connectivity index (χ1n) is 9.20. The summed E-state index contributed by atoms with van der Waals surface area (Å²) in [4.78, 5) is 35.2. The Labute approximate surface area is 165 Å². The highest BCUT2D eigenvalue weighted by atomic mass is 16.6. The van der Waals surface area contributed by atoms with Gasteiger partial charge in [0.25, 0.3) is 0 Å². The maximum absolute atomic E-state index is 12.0. The van der Waals surface area contributed by atoms with Gasteiger partial charge in [-0.1, -0.05) is 30.3 Å². The molecule has 0 aliphatic carbocycles. The lowest BCUT2D eigenvalue weighted by atomic mass is 10.1. The van der Waals surface area contributed by atoms with Gasteiger partial charge in [0.2, 0.25) is 0 Å². The average molecular weight is 394 g/mol. The van der Waals surface area contributed by atoms with Crippen LogP contribution in [0, 0.1) is 0 Å². The van der Waals surface area contributed by atoms with Crippen molar-refractivity contribution in [2.45, 2.75) is 58.3 Å². The van der Waals surface area contributed by atoms with Crippen molar-refractivity contribution in [1.82, 2.24) is 10.6 Å². The van der Waals surface area contributed by atoms with Crippen LogP contribution in [-0.2, 0) is 25.6 Å². The molecule has 1 atom stereocenters. The number of esters is 1. The molecule has 8 heteroatoms. The molecule has 0 bridgehead atoms. The molecule has 1 aromatic rings. The summed E-state index contributed by atoms with van der Waals surface area (Å²) in [7, 11) is 1.29. The van der Waals surface area contributed by atoms with Crippen LogP contribution in [0.25, 0.3) is 0 Å². The molecule has 2 amide bonds. The summed E-state index contributed by atoms with van der Waals surface area (Å²) in [5.41, 5.74) is 0.297. The lowest BCUT2D eigenvalue weighted by Crippen LogP contribution is -2.38. The van der Waals surface area contributed by atoms with E-state index in [0.717, 1.165) is 5.56 Å². The van der Waals surface area contributed by atoms with E-state index < -0.39 is 29.8 Å². The lowest BCUT2D eigenvalue weighted by Gasteiger charge is -2.20.